The van der Waals surface area contributed by atoms with Crippen LogP contribution in [-0.4, -0.2) is 16.7 Å². The molecule has 4 nitrogen and oxygen atoms in total. The summed E-state index contributed by atoms with van der Waals surface area (Å²) in [6.07, 6.45) is 1.42. The van der Waals surface area contributed by atoms with E-state index in [0.717, 1.165) is 24.2 Å². The lowest BCUT2D eigenvalue weighted by atomic mass is 10.1. The molecule has 1 aromatic rings. The van der Waals surface area contributed by atoms with Gasteiger partial charge in [-0.15, -0.1) is 0 Å². The number of aromatic nitrogens is 1. The maximum atomic E-state index is 11.8. The van der Waals surface area contributed by atoms with Gasteiger partial charge in [0.05, 0.1) is 11.7 Å². The molecule has 1 atom stereocenters. The summed E-state index contributed by atoms with van der Waals surface area (Å²) in [6, 6.07) is 5.74. The maximum Gasteiger partial charge on any atom is 0.408 e. The fourth-order valence-corrected chi connectivity index (χ4v) is 1.79. The summed E-state index contributed by atoms with van der Waals surface area (Å²) in [5, 5.41) is 2.89. The van der Waals surface area contributed by atoms with Crippen molar-refractivity contribution in [2.75, 3.05) is 0 Å². The van der Waals surface area contributed by atoms with E-state index in [2.05, 4.69) is 17.2 Å². The molecule has 1 amide bonds. The quantitative estimate of drug-likeness (QED) is 0.901. The van der Waals surface area contributed by atoms with Gasteiger partial charge in [0.15, 0.2) is 0 Å². The Morgan fingerprint density at radius 2 is 2.11 bits per heavy atom. The first-order valence-electron chi connectivity index (χ1n) is 6.75. The first-order valence-corrected chi connectivity index (χ1v) is 6.75. The summed E-state index contributed by atoms with van der Waals surface area (Å²) in [4.78, 5) is 16.3. The average molecular weight is 264 g/mol. The van der Waals surface area contributed by atoms with Gasteiger partial charge in [0.2, 0.25) is 0 Å². The van der Waals surface area contributed by atoms with Crippen LogP contribution < -0.4 is 5.32 Å². The van der Waals surface area contributed by atoms with Crippen LogP contribution in [0.1, 0.15) is 58.0 Å². The number of ether oxygens (including phenoxy) is 1. The van der Waals surface area contributed by atoms with Gasteiger partial charge in [-0.05, 0) is 46.2 Å². The molecule has 1 aromatic heterocycles. The molecule has 0 aromatic carbocycles. The average Bonchev–Trinajstić information content (AvgIpc) is 2.26. The molecular weight excluding hydrogens is 240 g/mol. The van der Waals surface area contributed by atoms with Crippen LogP contribution in [0.3, 0.4) is 0 Å². The maximum absolute atomic E-state index is 11.8. The predicted octanol–water partition coefficient (Wildman–Crippen LogP) is 3.76. The Morgan fingerprint density at radius 3 is 2.63 bits per heavy atom. The van der Waals surface area contributed by atoms with Crippen molar-refractivity contribution < 1.29 is 9.53 Å². The number of hydrogen-bond acceptors (Lipinski definition) is 3. The van der Waals surface area contributed by atoms with Crippen LogP contribution in [0.25, 0.3) is 0 Å². The number of alkyl carbamates (subject to hydrolysis) is 1. The second-order valence-corrected chi connectivity index (χ2v) is 5.69. The van der Waals surface area contributed by atoms with Crippen molar-refractivity contribution in [3.05, 3.63) is 29.6 Å². The minimum absolute atomic E-state index is 0.0975. The number of carbonyl (C=O) groups excluding carboxylic acids is 1. The van der Waals surface area contributed by atoms with Crippen LogP contribution in [0.5, 0.6) is 0 Å². The fourth-order valence-electron chi connectivity index (χ4n) is 1.79. The Balaban J connectivity index is 2.76. The van der Waals surface area contributed by atoms with Crippen molar-refractivity contribution >= 4 is 6.09 Å². The molecule has 0 unspecified atom stereocenters. The Hall–Kier alpha value is -1.58. The third-order valence-corrected chi connectivity index (χ3v) is 2.54. The number of nitrogens with one attached hydrogen (secondary N) is 1. The van der Waals surface area contributed by atoms with Crippen molar-refractivity contribution in [1.82, 2.24) is 10.3 Å². The minimum Gasteiger partial charge on any atom is -0.444 e. The van der Waals surface area contributed by atoms with Crippen LogP contribution >= 0.6 is 0 Å². The van der Waals surface area contributed by atoms with E-state index in [4.69, 9.17) is 4.74 Å². The van der Waals surface area contributed by atoms with Crippen molar-refractivity contribution in [2.45, 2.75) is 59.1 Å². The summed E-state index contributed by atoms with van der Waals surface area (Å²) < 4.78 is 5.29. The van der Waals surface area contributed by atoms with Crippen LogP contribution in [0.4, 0.5) is 4.79 Å². The number of rotatable bonds is 4. The zero-order valence-electron chi connectivity index (χ0n) is 12.5. The van der Waals surface area contributed by atoms with E-state index in [9.17, 15) is 4.79 Å². The minimum atomic E-state index is -0.485. The molecule has 1 heterocycles. The normalized spacial score (nSPS) is 12.9. The Bertz CT molecular complexity index is 424. The molecule has 0 aliphatic rings. The topological polar surface area (TPSA) is 51.2 Å². The Morgan fingerprint density at radius 1 is 1.42 bits per heavy atom. The molecule has 19 heavy (non-hydrogen) atoms. The van der Waals surface area contributed by atoms with Gasteiger partial charge in [0, 0.05) is 5.69 Å². The Kier molecular flexibility index (Phi) is 5.33. The number of carbonyl (C=O) groups is 1. The van der Waals surface area contributed by atoms with Gasteiger partial charge >= 0.3 is 6.09 Å². The van der Waals surface area contributed by atoms with E-state index in [1.54, 1.807) is 0 Å². The molecule has 4 heteroatoms. The van der Waals surface area contributed by atoms with E-state index in [1.165, 1.54) is 0 Å². The van der Waals surface area contributed by atoms with Crippen LogP contribution in [-0.2, 0) is 4.74 Å². The number of nitrogens with zero attached hydrogens (tertiary/aromatic N) is 1. The molecule has 0 spiro atoms. The highest BCUT2D eigenvalue weighted by atomic mass is 16.6. The van der Waals surface area contributed by atoms with E-state index >= 15 is 0 Å². The van der Waals surface area contributed by atoms with Gasteiger partial charge in [0.1, 0.15) is 5.60 Å². The highest BCUT2D eigenvalue weighted by Crippen LogP contribution is 2.18. The third-order valence-electron chi connectivity index (χ3n) is 2.54. The van der Waals surface area contributed by atoms with Crippen LogP contribution in [0.15, 0.2) is 18.2 Å². The van der Waals surface area contributed by atoms with Crippen molar-refractivity contribution in [3.8, 4) is 0 Å². The summed E-state index contributed by atoms with van der Waals surface area (Å²) in [5.41, 5.74) is 1.35. The third kappa shape index (κ3) is 5.73. The molecule has 0 radical (unpaired) electrons. The van der Waals surface area contributed by atoms with Gasteiger partial charge in [-0.1, -0.05) is 19.4 Å². The number of amides is 1. The smallest absolute Gasteiger partial charge is 0.408 e. The van der Waals surface area contributed by atoms with Crippen LogP contribution in [0.2, 0.25) is 0 Å². The van der Waals surface area contributed by atoms with Gasteiger partial charge < -0.3 is 10.1 Å². The number of aryl methyl sites for hydroxylation is 1. The summed E-state index contributed by atoms with van der Waals surface area (Å²) in [7, 11) is 0. The molecule has 0 saturated heterocycles. The summed E-state index contributed by atoms with van der Waals surface area (Å²) in [5.74, 6) is 0. The van der Waals surface area contributed by atoms with E-state index in [0.29, 0.717) is 0 Å². The van der Waals surface area contributed by atoms with Gasteiger partial charge in [-0.2, -0.15) is 0 Å². The summed E-state index contributed by atoms with van der Waals surface area (Å²) in [6.45, 7) is 9.59. The standard InChI is InChI=1S/C15H24N2O2/c1-6-8-12(13-10-7-9-11(2)16-13)17-14(18)19-15(3,4)5/h7,9-10,12H,6,8H2,1-5H3,(H,17,18)/t12-/m0/s1. The molecule has 106 valence electrons. The van der Waals surface area contributed by atoms with Crippen molar-refractivity contribution in [2.24, 2.45) is 0 Å². The van der Waals surface area contributed by atoms with Crippen molar-refractivity contribution in [1.29, 1.82) is 0 Å². The van der Waals surface area contributed by atoms with Crippen molar-refractivity contribution in [3.63, 3.8) is 0 Å². The highest BCUT2D eigenvalue weighted by Gasteiger charge is 2.20. The zero-order chi connectivity index (χ0) is 14.5. The predicted molar refractivity (Wildman–Crippen MR) is 76.0 cm³/mol. The fraction of sp³-hybridized carbons (Fsp3) is 0.600. The number of pyridine rings is 1. The molecular formula is C15H24N2O2. The highest BCUT2D eigenvalue weighted by molar-refractivity contribution is 5.68. The van der Waals surface area contributed by atoms with Gasteiger partial charge in [-0.3, -0.25) is 4.98 Å². The van der Waals surface area contributed by atoms with Gasteiger partial charge in [-0.25, -0.2) is 4.79 Å². The van der Waals surface area contributed by atoms with Crippen LogP contribution in [0, 0.1) is 6.92 Å². The monoisotopic (exact) mass is 264 g/mol. The lowest BCUT2D eigenvalue weighted by Gasteiger charge is -2.23. The van der Waals surface area contributed by atoms with Gasteiger partial charge in [0.25, 0.3) is 0 Å². The molecule has 1 rings (SSSR count). The largest absolute Gasteiger partial charge is 0.444 e. The van der Waals surface area contributed by atoms with E-state index < -0.39 is 11.7 Å². The SMILES string of the molecule is CCC[C@H](NC(=O)OC(C)(C)C)c1cccc(C)n1. The first kappa shape index (κ1) is 15.5. The molecule has 1 N–H and O–H groups in total. The second kappa shape index (κ2) is 6.55. The Labute approximate surface area is 115 Å². The molecule has 0 bridgehead atoms. The van der Waals surface area contributed by atoms with E-state index in [-0.39, 0.29) is 6.04 Å². The first-order chi connectivity index (χ1) is 8.81. The molecule has 0 fully saturated rings. The molecule has 0 aliphatic carbocycles. The summed E-state index contributed by atoms with van der Waals surface area (Å²) >= 11 is 0. The lowest BCUT2D eigenvalue weighted by Crippen LogP contribution is -2.35. The molecule has 0 aliphatic heterocycles. The number of hydrogen-bond donors (Lipinski definition) is 1. The van der Waals surface area contributed by atoms with E-state index in [1.807, 2.05) is 45.9 Å². The molecule has 0 saturated carbocycles. The lowest BCUT2D eigenvalue weighted by molar-refractivity contribution is 0.0499. The zero-order valence-corrected chi connectivity index (χ0v) is 12.5. The second-order valence-electron chi connectivity index (χ2n) is 5.69.